The van der Waals surface area contributed by atoms with E-state index in [1.807, 2.05) is 14.0 Å². The van der Waals surface area contributed by atoms with Crippen LogP contribution in [0, 0.1) is 0 Å². The Balaban J connectivity index is 1.83. The van der Waals surface area contributed by atoms with Gasteiger partial charge in [-0.2, -0.15) is 0 Å². The predicted octanol–water partition coefficient (Wildman–Crippen LogP) is -0.0825. The van der Waals surface area contributed by atoms with Crippen LogP contribution in [0.2, 0.25) is 0 Å². The second kappa shape index (κ2) is 5.55. The number of ether oxygens (including phenoxy) is 1. The van der Waals surface area contributed by atoms with Gasteiger partial charge in [0.1, 0.15) is 5.54 Å². The Labute approximate surface area is 109 Å². The van der Waals surface area contributed by atoms with Crippen molar-refractivity contribution in [2.24, 2.45) is 0 Å². The van der Waals surface area contributed by atoms with Crippen molar-refractivity contribution in [1.29, 1.82) is 0 Å². The molecule has 1 aliphatic heterocycles. The Morgan fingerprint density at radius 3 is 2.39 bits per heavy atom. The maximum Gasteiger partial charge on any atom is 0.327 e. The number of hydrogen-bond acceptors (Lipinski definition) is 5. The molecule has 2 fully saturated rings. The highest BCUT2D eigenvalue weighted by Gasteiger charge is 2.37. The van der Waals surface area contributed by atoms with Crippen molar-refractivity contribution in [1.82, 2.24) is 15.1 Å². The lowest BCUT2D eigenvalue weighted by molar-refractivity contribution is -0.148. The fraction of sp³-hybridized carbons (Fsp3) is 0.923. The van der Waals surface area contributed by atoms with Crippen LogP contribution in [0.3, 0.4) is 0 Å². The Kier molecular flexibility index (Phi) is 4.25. The number of esters is 1. The zero-order valence-corrected chi connectivity index (χ0v) is 11.7. The molecule has 1 heterocycles. The van der Waals surface area contributed by atoms with Crippen LogP contribution in [-0.4, -0.2) is 74.2 Å². The van der Waals surface area contributed by atoms with E-state index in [2.05, 4.69) is 15.1 Å². The highest BCUT2D eigenvalue weighted by molar-refractivity contribution is 5.80. The molecule has 18 heavy (non-hydrogen) atoms. The summed E-state index contributed by atoms with van der Waals surface area (Å²) in [6.45, 7) is 6.98. The van der Waals surface area contributed by atoms with E-state index in [0.29, 0.717) is 6.54 Å². The highest BCUT2D eigenvalue weighted by Crippen LogP contribution is 2.27. The van der Waals surface area contributed by atoms with Crippen LogP contribution in [0.5, 0.6) is 0 Å². The first-order valence-corrected chi connectivity index (χ1v) is 6.83. The standard InChI is InChI=1S/C13H25N3O2/c1-13(14-2,12(17)18-3)10-15-6-8-16(9-7-15)11-4-5-11/h11,14H,4-10H2,1-3H3. The van der Waals surface area contributed by atoms with Crippen LogP contribution >= 0.6 is 0 Å². The molecule has 5 nitrogen and oxygen atoms in total. The third-order valence-corrected chi connectivity index (χ3v) is 4.20. The van der Waals surface area contributed by atoms with Gasteiger partial charge in [-0.15, -0.1) is 0 Å². The molecular formula is C13H25N3O2. The molecule has 0 aromatic heterocycles. The largest absolute Gasteiger partial charge is 0.468 e. The lowest BCUT2D eigenvalue weighted by atomic mass is 10.0. The van der Waals surface area contributed by atoms with Gasteiger partial charge in [0, 0.05) is 38.8 Å². The molecule has 1 N–H and O–H groups in total. The van der Waals surface area contributed by atoms with Crippen LogP contribution in [0.15, 0.2) is 0 Å². The summed E-state index contributed by atoms with van der Waals surface area (Å²) in [5, 5.41) is 3.09. The highest BCUT2D eigenvalue weighted by atomic mass is 16.5. The van der Waals surface area contributed by atoms with Crippen molar-refractivity contribution in [3.8, 4) is 0 Å². The molecule has 0 amide bonds. The Bertz CT molecular complexity index is 299. The van der Waals surface area contributed by atoms with Crippen LogP contribution in [0.25, 0.3) is 0 Å². The lowest BCUT2D eigenvalue weighted by Crippen LogP contribution is -2.59. The van der Waals surface area contributed by atoms with Crippen LogP contribution in [0.4, 0.5) is 0 Å². The van der Waals surface area contributed by atoms with Gasteiger partial charge in [-0.25, -0.2) is 0 Å². The quantitative estimate of drug-likeness (QED) is 0.696. The second-order valence-electron chi connectivity index (χ2n) is 5.62. The number of carbonyl (C=O) groups excluding carboxylic acids is 1. The maximum atomic E-state index is 11.8. The smallest absolute Gasteiger partial charge is 0.327 e. The Morgan fingerprint density at radius 1 is 1.33 bits per heavy atom. The van der Waals surface area contributed by atoms with E-state index in [1.54, 1.807) is 0 Å². The number of nitrogens with one attached hydrogen (secondary N) is 1. The Hall–Kier alpha value is -0.650. The molecular weight excluding hydrogens is 230 g/mol. The van der Waals surface area contributed by atoms with Gasteiger partial charge in [0.2, 0.25) is 0 Å². The number of carbonyl (C=O) groups is 1. The molecule has 1 saturated carbocycles. The van der Waals surface area contributed by atoms with E-state index >= 15 is 0 Å². The molecule has 1 atom stereocenters. The normalized spacial score (nSPS) is 25.7. The SMILES string of the molecule is CNC(C)(CN1CCN(C2CC2)CC1)C(=O)OC. The predicted molar refractivity (Wildman–Crippen MR) is 70.5 cm³/mol. The second-order valence-corrected chi connectivity index (χ2v) is 5.62. The zero-order chi connectivity index (χ0) is 13.2. The van der Waals surface area contributed by atoms with Gasteiger partial charge in [-0.3, -0.25) is 14.6 Å². The molecule has 5 heteroatoms. The number of hydrogen-bond donors (Lipinski definition) is 1. The summed E-state index contributed by atoms with van der Waals surface area (Å²) < 4.78 is 4.88. The van der Waals surface area contributed by atoms with Gasteiger partial charge in [-0.05, 0) is 26.8 Å². The van der Waals surface area contributed by atoms with Gasteiger partial charge in [0.05, 0.1) is 7.11 Å². The average Bonchev–Trinajstić information content (AvgIpc) is 3.23. The summed E-state index contributed by atoms with van der Waals surface area (Å²) in [4.78, 5) is 16.7. The van der Waals surface area contributed by atoms with Crippen LogP contribution < -0.4 is 5.32 Å². The number of methoxy groups -OCH3 is 1. The zero-order valence-electron chi connectivity index (χ0n) is 11.7. The van der Waals surface area contributed by atoms with Crippen molar-refractivity contribution in [2.45, 2.75) is 31.3 Å². The van der Waals surface area contributed by atoms with Crippen molar-refractivity contribution in [3.05, 3.63) is 0 Å². The van der Waals surface area contributed by atoms with E-state index in [4.69, 9.17) is 4.74 Å². The molecule has 0 radical (unpaired) electrons. The summed E-state index contributed by atoms with van der Waals surface area (Å²) in [6, 6.07) is 0.850. The fourth-order valence-corrected chi connectivity index (χ4v) is 2.64. The molecule has 1 aliphatic carbocycles. The van der Waals surface area contributed by atoms with Gasteiger partial charge in [0.25, 0.3) is 0 Å². The minimum Gasteiger partial charge on any atom is -0.468 e. The number of piperazine rings is 1. The number of likely N-dealkylation sites (N-methyl/N-ethyl adjacent to an activating group) is 1. The van der Waals surface area contributed by atoms with E-state index in [0.717, 1.165) is 32.2 Å². The van der Waals surface area contributed by atoms with E-state index < -0.39 is 5.54 Å². The van der Waals surface area contributed by atoms with E-state index in [9.17, 15) is 4.79 Å². The third-order valence-electron chi connectivity index (χ3n) is 4.20. The minimum absolute atomic E-state index is 0.186. The van der Waals surface area contributed by atoms with Gasteiger partial charge < -0.3 is 10.1 Å². The van der Waals surface area contributed by atoms with E-state index in [-0.39, 0.29) is 5.97 Å². The van der Waals surface area contributed by atoms with E-state index in [1.165, 1.54) is 20.0 Å². The van der Waals surface area contributed by atoms with Crippen molar-refractivity contribution < 1.29 is 9.53 Å². The molecule has 1 saturated heterocycles. The first-order valence-electron chi connectivity index (χ1n) is 6.83. The topological polar surface area (TPSA) is 44.8 Å². The third kappa shape index (κ3) is 3.02. The molecule has 0 aromatic rings. The molecule has 104 valence electrons. The summed E-state index contributed by atoms with van der Waals surface area (Å²) >= 11 is 0. The van der Waals surface area contributed by atoms with Crippen molar-refractivity contribution in [3.63, 3.8) is 0 Å². The number of rotatable bonds is 5. The molecule has 0 spiro atoms. The van der Waals surface area contributed by atoms with Gasteiger partial charge in [0.15, 0.2) is 0 Å². The minimum atomic E-state index is -0.601. The molecule has 0 bridgehead atoms. The molecule has 2 aliphatic rings. The molecule has 1 unspecified atom stereocenters. The first-order chi connectivity index (χ1) is 8.59. The first kappa shape index (κ1) is 13.8. The summed E-state index contributed by atoms with van der Waals surface area (Å²) in [5.41, 5.74) is -0.601. The lowest BCUT2D eigenvalue weighted by Gasteiger charge is -2.39. The summed E-state index contributed by atoms with van der Waals surface area (Å²) in [6.07, 6.45) is 2.74. The van der Waals surface area contributed by atoms with Gasteiger partial charge in [-0.1, -0.05) is 0 Å². The average molecular weight is 255 g/mol. The molecule has 2 rings (SSSR count). The number of nitrogens with zero attached hydrogens (tertiary/aromatic N) is 2. The van der Waals surface area contributed by atoms with Crippen LogP contribution in [-0.2, 0) is 9.53 Å². The monoisotopic (exact) mass is 255 g/mol. The van der Waals surface area contributed by atoms with Gasteiger partial charge >= 0.3 is 5.97 Å². The van der Waals surface area contributed by atoms with Crippen molar-refractivity contribution in [2.75, 3.05) is 46.9 Å². The Morgan fingerprint density at radius 2 is 1.94 bits per heavy atom. The fourth-order valence-electron chi connectivity index (χ4n) is 2.64. The summed E-state index contributed by atoms with van der Waals surface area (Å²) in [7, 11) is 3.26. The summed E-state index contributed by atoms with van der Waals surface area (Å²) in [5.74, 6) is -0.186. The van der Waals surface area contributed by atoms with Crippen LogP contribution in [0.1, 0.15) is 19.8 Å². The maximum absolute atomic E-state index is 11.8. The molecule has 0 aromatic carbocycles. The van der Waals surface area contributed by atoms with Crippen molar-refractivity contribution >= 4 is 5.97 Å².